The summed E-state index contributed by atoms with van der Waals surface area (Å²) in [5.41, 5.74) is 2.56. The summed E-state index contributed by atoms with van der Waals surface area (Å²) in [7, 11) is 1.57. The Hall–Kier alpha value is -4.51. The first-order valence-electron chi connectivity index (χ1n) is 10.5. The normalized spacial score (nSPS) is 11.0. The topological polar surface area (TPSA) is 125 Å². The van der Waals surface area contributed by atoms with E-state index in [1.165, 1.54) is 23.9 Å². The lowest BCUT2D eigenvalue weighted by atomic mass is 10.2. The molecule has 3 aromatic carbocycles. The predicted octanol–water partition coefficient (Wildman–Crippen LogP) is 4.59. The number of amides is 1. The van der Waals surface area contributed by atoms with Crippen LogP contribution in [-0.4, -0.2) is 43.3 Å². The first kappa shape index (κ1) is 22.3. The molecular weight excluding hydrogens is 468 g/mol. The Morgan fingerprint density at radius 3 is 2.66 bits per heavy atom. The van der Waals surface area contributed by atoms with E-state index in [2.05, 4.69) is 20.4 Å². The third-order valence-corrected chi connectivity index (χ3v) is 6.10. The van der Waals surface area contributed by atoms with E-state index < -0.39 is 4.92 Å². The minimum atomic E-state index is -0.455. The molecule has 0 saturated carbocycles. The number of nitrogens with one attached hydrogen (secondary N) is 1. The second kappa shape index (κ2) is 9.39. The van der Waals surface area contributed by atoms with E-state index in [0.29, 0.717) is 33.6 Å². The summed E-state index contributed by atoms with van der Waals surface area (Å²) < 4.78 is 6.79. The van der Waals surface area contributed by atoms with E-state index in [1.54, 1.807) is 48.0 Å². The highest BCUT2D eigenvalue weighted by Gasteiger charge is 2.17. The van der Waals surface area contributed by atoms with Crippen molar-refractivity contribution in [1.82, 2.24) is 19.6 Å². The van der Waals surface area contributed by atoms with Crippen LogP contribution in [-0.2, 0) is 4.79 Å². The van der Waals surface area contributed by atoms with Gasteiger partial charge >= 0.3 is 0 Å². The molecule has 0 atom stereocenters. The van der Waals surface area contributed by atoms with Crippen LogP contribution in [0.3, 0.4) is 0 Å². The predicted molar refractivity (Wildman–Crippen MR) is 133 cm³/mol. The maximum atomic E-state index is 12.6. The van der Waals surface area contributed by atoms with Gasteiger partial charge in [-0.2, -0.15) is 4.52 Å². The molecule has 0 saturated heterocycles. The number of ether oxygens (including phenoxy) is 1. The molecule has 174 valence electrons. The molecule has 0 unspecified atom stereocenters. The highest BCUT2D eigenvalue weighted by Crippen LogP contribution is 2.27. The molecule has 1 amide bonds. The number of para-hydroxylation sites is 1. The van der Waals surface area contributed by atoms with Crippen molar-refractivity contribution < 1.29 is 14.5 Å². The van der Waals surface area contributed by atoms with Crippen LogP contribution in [0, 0.1) is 10.1 Å². The second-order valence-electron chi connectivity index (χ2n) is 7.46. The number of non-ortho nitro benzene ring substituents is 1. The summed E-state index contributed by atoms with van der Waals surface area (Å²) >= 11 is 1.23. The van der Waals surface area contributed by atoms with E-state index in [0.717, 1.165) is 10.9 Å². The quantitative estimate of drug-likeness (QED) is 0.153. The zero-order chi connectivity index (χ0) is 24.4. The average molecular weight is 487 g/mol. The molecule has 35 heavy (non-hydrogen) atoms. The fraction of sp³-hybridized carbons (Fsp3) is 0.0833. The summed E-state index contributed by atoms with van der Waals surface area (Å²) in [5, 5.41) is 19.7. The lowest BCUT2D eigenvalue weighted by molar-refractivity contribution is -0.384. The van der Waals surface area contributed by atoms with Gasteiger partial charge in [0.1, 0.15) is 5.75 Å². The third-order valence-electron chi connectivity index (χ3n) is 5.17. The molecule has 5 aromatic rings. The van der Waals surface area contributed by atoms with Crippen LogP contribution in [0.1, 0.15) is 0 Å². The van der Waals surface area contributed by atoms with Gasteiger partial charge in [0.2, 0.25) is 5.91 Å². The van der Waals surface area contributed by atoms with Gasteiger partial charge in [-0.05, 0) is 36.4 Å². The molecule has 10 nitrogen and oxygen atoms in total. The number of hydrogen-bond donors (Lipinski definition) is 1. The number of methoxy groups -OCH3 is 1. The lowest BCUT2D eigenvalue weighted by Crippen LogP contribution is -2.14. The Balaban J connectivity index is 1.46. The van der Waals surface area contributed by atoms with Crippen LogP contribution in [0.2, 0.25) is 0 Å². The fourth-order valence-corrected chi connectivity index (χ4v) is 4.25. The van der Waals surface area contributed by atoms with E-state index >= 15 is 0 Å². The van der Waals surface area contributed by atoms with Crippen molar-refractivity contribution in [2.24, 2.45) is 0 Å². The van der Waals surface area contributed by atoms with Gasteiger partial charge in [0.15, 0.2) is 16.6 Å². The highest BCUT2D eigenvalue weighted by molar-refractivity contribution is 7.99. The maximum Gasteiger partial charge on any atom is 0.269 e. The van der Waals surface area contributed by atoms with Gasteiger partial charge in [0.05, 0.1) is 23.3 Å². The monoisotopic (exact) mass is 486 g/mol. The van der Waals surface area contributed by atoms with E-state index in [4.69, 9.17) is 4.74 Å². The lowest BCUT2D eigenvalue weighted by Gasteiger charge is -2.08. The number of rotatable bonds is 7. The van der Waals surface area contributed by atoms with Crippen molar-refractivity contribution in [3.05, 3.63) is 82.9 Å². The van der Waals surface area contributed by atoms with Crippen LogP contribution in [0.5, 0.6) is 5.75 Å². The number of benzene rings is 3. The Labute approximate surface area is 203 Å². The molecule has 0 aliphatic rings. The molecule has 11 heteroatoms. The van der Waals surface area contributed by atoms with E-state index in [-0.39, 0.29) is 17.3 Å². The zero-order valence-electron chi connectivity index (χ0n) is 18.4. The van der Waals surface area contributed by atoms with Crippen molar-refractivity contribution in [3.8, 4) is 17.1 Å². The molecule has 0 spiro atoms. The van der Waals surface area contributed by atoms with Crippen molar-refractivity contribution in [1.29, 1.82) is 0 Å². The van der Waals surface area contributed by atoms with Gasteiger partial charge < -0.3 is 10.1 Å². The largest absolute Gasteiger partial charge is 0.497 e. The van der Waals surface area contributed by atoms with Crippen LogP contribution in [0.15, 0.2) is 78.0 Å². The van der Waals surface area contributed by atoms with Gasteiger partial charge in [-0.15, -0.1) is 5.10 Å². The molecule has 2 aromatic heterocycles. The maximum absolute atomic E-state index is 12.6. The Morgan fingerprint density at radius 2 is 1.89 bits per heavy atom. The van der Waals surface area contributed by atoms with Crippen LogP contribution in [0.25, 0.3) is 27.9 Å². The highest BCUT2D eigenvalue weighted by atomic mass is 32.2. The molecule has 0 aliphatic carbocycles. The number of thioether (sulfide) groups is 1. The summed E-state index contributed by atoms with van der Waals surface area (Å²) in [5.74, 6) is 0.947. The first-order valence-corrected chi connectivity index (χ1v) is 11.5. The molecular formula is C24H18N6O4S. The van der Waals surface area contributed by atoms with Crippen LogP contribution in [0.4, 0.5) is 11.4 Å². The van der Waals surface area contributed by atoms with E-state index in [9.17, 15) is 14.9 Å². The number of carbonyl (C=O) groups is 1. The Morgan fingerprint density at radius 1 is 1.09 bits per heavy atom. The summed E-state index contributed by atoms with van der Waals surface area (Å²) in [6.45, 7) is 0. The minimum Gasteiger partial charge on any atom is -0.497 e. The van der Waals surface area contributed by atoms with Crippen LogP contribution >= 0.6 is 11.8 Å². The van der Waals surface area contributed by atoms with Gasteiger partial charge in [-0.1, -0.05) is 30.0 Å². The smallest absolute Gasteiger partial charge is 0.269 e. The van der Waals surface area contributed by atoms with E-state index in [1.807, 2.05) is 24.3 Å². The number of aromatic nitrogens is 4. The fourth-order valence-electron chi connectivity index (χ4n) is 3.51. The number of anilines is 1. The summed E-state index contributed by atoms with van der Waals surface area (Å²) in [4.78, 5) is 32.5. The van der Waals surface area contributed by atoms with Crippen molar-refractivity contribution in [3.63, 3.8) is 0 Å². The van der Waals surface area contributed by atoms with Crippen molar-refractivity contribution in [2.75, 3.05) is 18.2 Å². The standard InChI is InChI=1S/C24H18N6O4S/c1-34-18-6-4-5-16(13-18)25-21(31)14-35-24-26-20-8-3-2-7-19(20)23-27-22(28-29(23)24)15-9-11-17(12-10-15)30(32)33/h2-13H,14H2,1H3,(H,25,31). The van der Waals surface area contributed by atoms with Crippen molar-refractivity contribution >= 4 is 45.6 Å². The summed E-state index contributed by atoms with van der Waals surface area (Å²) in [6, 6.07) is 20.7. The van der Waals surface area contributed by atoms with Gasteiger partial charge in [0.25, 0.3) is 5.69 Å². The number of nitro groups is 1. The number of hydrogen-bond acceptors (Lipinski definition) is 8. The van der Waals surface area contributed by atoms with Gasteiger partial charge in [0, 0.05) is 34.8 Å². The Kier molecular flexibility index (Phi) is 5.98. The number of nitrogens with zero attached hydrogens (tertiary/aromatic N) is 5. The van der Waals surface area contributed by atoms with Gasteiger partial charge in [-0.25, -0.2) is 9.97 Å². The molecule has 5 rings (SSSR count). The molecule has 1 N–H and O–H groups in total. The number of carbonyl (C=O) groups excluding carboxylic acids is 1. The zero-order valence-corrected chi connectivity index (χ0v) is 19.2. The molecule has 2 heterocycles. The van der Waals surface area contributed by atoms with Crippen molar-refractivity contribution in [2.45, 2.75) is 5.16 Å². The molecule has 0 aliphatic heterocycles. The molecule has 0 radical (unpaired) electrons. The Bertz CT molecular complexity index is 1570. The first-order chi connectivity index (χ1) is 17.0. The minimum absolute atomic E-state index is 0.0112. The SMILES string of the molecule is COc1cccc(NC(=O)CSc2nc3ccccc3c3nc(-c4ccc([N+](=O)[O-])cc4)nn23)c1. The molecule has 0 bridgehead atoms. The van der Waals surface area contributed by atoms with Crippen LogP contribution < -0.4 is 10.1 Å². The second-order valence-corrected chi connectivity index (χ2v) is 8.40. The third kappa shape index (κ3) is 4.62. The molecule has 0 fully saturated rings. The number of nitro benzene ring substituents is 1. The van der Waals surface area contributed by atoms with Gasteiger partial charge in [-0.3, -0.25) is 14.9 Å². The average Bonchev–Trinajstić information content (AvgIpc) is 3.33. The number of fused-ring (bicyclic) bond motifs is 3. The summed E-state index contributed by atoms with van der Waals surface area (Å²) in [6.07, 6.45) is 0.